The van der Waals surface area contributed by atoms with E-state index in [2.05, 4.69) is 21.2 Å². The third-order valence-electron chi connectivity index (χ3n) is 6.43. The molecule has 2 aliphatic rings. The number of nitrogens with zero attached hydrogens (tertiary/aromatic N) is 3. The smallest absolute Gasteiger partial charge is 0.246 e. The molecular formula is C25H33FN4O4S. The zero-order valence-corrected chi connectivity index (χ0v) is 20.8. The van der Waals surface area contributed by atoms with Crippen molar-refractivity contribution in [2.75, 3.05) is 52.9 Å². The molecule has 0 saturated carbocycles. The largest absolute Gasteiger partial charge is 0.492 e. The van der Waals surface area contributed by atoms with Crippen molar-refractivity contribution < 1.29 is 22.3 Å². The lowest BCUT2D eigenvalue weighted by Gasteiger charge is -2.33. The van der Waals surface area contributed by atoms with Gasteiger partial charge in [-0.05, 0) is 43.3 Å². The van der Waals surface area contributed by atoms with Gasteiger partial charge in [-0.2, -0.15) is 4.31 Å². The number of nitrogens with one attached hydrogen (secondary N) is 1. The highest BCUT2D eigenvalue weighted by Crippen LogP contribution is 2.21. The monoisotopic (exact) mass is 504 g/mol. The molecule has 1 N–H and O–H groups in total. The van der Waals surface area contributed by atoms with Gasteiger partial charge in [0.1, 0.15) is 23.1 Å². The number of benzene rings is 2. The van der Waals surface area contributed by atoms with Crippen molar-refractivity contribution >= 4 is 15.9 Å². The molecular weight excluding hydrogens is 471 g/mol. The van der Waals surface area contributed by atoms with Gasteiger partial charge in [-0.25, -0.2) is 12.8 Å². The number of hydrogen-bond donors (Lipinski definition) is 1. The fraction of sp³-hybridized carbons (Fsp3) is 0.480. The molecule has 0 spiro atoms. The van der Waals surface area contributed by atoms with E-state index >= 15 is 0 Å². The van der Waals surface area contributed by atoms with E-state index in [9.17, 15) is 17.6 Å². The first kappa shape index (κ1) is 25.6. The summed E-state index contributed by atoms with van der Waals surface area (Å²) in [5, 5.41) is 3.00. The maximum Gasteiger partial charge on any atom is 0.246 e. The Morgan fingerprint density at radius 1 is 1.11 bits per heavy atom. The number of carbonyl (C=O) groups is 1. The Hall–Kier alpha value is -2.53. The van der Waals surface area contributed by atoms with E-state index in [0.29, 0.717) is 45.8 Å². The van der Waals surface area contributed by atoms with E-state index < -0.39 is 15.8 Å². The van der Waals surface area contributed by atoms with Gasteiger partial charge in [0.2, 0.25) is 15.9 Å². The first-order valence-electron chi connectivity index (χ1n) is 12.0. The Labute approximate surface area is 206 Å². The molecule has 2 fully saturated rings. The van der Waals surface area contributed by atoms with Crippen molar-refractivity contribution in [1.82, 2.24) is 19.4 Å². The van der Waals surface area contributed by atoms with Crippen LogP contribution in [0.5, 0.6) is 5.75 Å². The van der Waals surface area contributed by atoms with Crippen LogP contribution in [0.25, 0.3) is 0 Å². The molecule has 0 unspecified atom stereocenters. The van der Waals surface area contributed by atoms with Crippen LogP contribution >= 0.6 is 0 Å². The number of likely N-dealkylation sites (N-methyl/N-ethyl adjacent to an activating group) is 1. The summed E-state index contributed by atoms with van der Waals surface area (Å²) in [5.41, 5.74) is 1.14. The van der Waals surface area contributed by atoms with Gasteiger partial charge in [0, 0.05) is 58.3 Å². The topological polar surface area (TPSA) is 82.2 Å². The lowest BCUT2D eigenvalue weighted by Crippen LogP contribution is -2.49. The molecule has 0 aromatic heterocycles. The normalized spacial score (nSPS) is 19.7. The fourth-order valence-electron chi connectivity index (χ4n) is 4.58. The highest BCUT2D eigenvalue weighted by Gasteiger charge is 2.30. The minimum absolute atomic E-state index is 0.131. The summed E-state index contributed by atoms with van der Waals surface area (Å²) in [6, 6.07) is 13.7. The Kier molecular flexibility index (Phi) is 8.38. The second-order valence-corrected chi connectivity index (χ2v) is 11.1. The molecule has 1 amide bonds. The Balaban J connectivity index is 1.20. The quantitative estimate of drug-likeness (QED) is 0.533. The fourth-order valence-corrected chi connectivity index (χ4v) is 6.07. The van der Waals surface area contributed by atoms with Crippen LogP contribution in [0.1, 0.15) is 18.4 Å². The van der Waals surface area contributed by atoms with Gasteiger partial charge in [-0.15, -0.1) is 0 Å². The van der Waals surface area contributed by atoms with Crippen LogP contribution in [-0.2, 0) is 21.4 Å². The van der Waals surface area contributed by atoms with E-state index in [1.165, 1.54) is 28.6 Å². The van der Waals surface area contributed by atoms with Gasteiger partial charge >= 0.3 is 0 Å². The van der Waals surface area contributed by atoms with E-state index in [1.54, 1.807) is 0 Å². The predicted octanol–water partition coefficient (Wildman–Crippen LogP) is 1.92. The standard InChI is InChI=1S/C25H33FN4O4S/c1-28(19-21-9-10-25(31)27-21)18-20-5-4-6-22(17-20)34-16-15-29-11-13-30(14-12-29)35(32,33)24-8-3-2-7-23(24)26/h2-8,17,21H,9-16,18-19H2,1H3,(H,27,31)/t21-/m1/s1. The van der Waals surface area contributed by atoms with E-state index in [-0.39, 0.29) is 16.8 Å². The van der Waals surface area contributed by atoms with Gasteiger partial charge in [-0.1, -0.05) is 24.3 Å². The average molecular weight is 505 g/mol. The van der Waals surface area contributed by atoms with Crippen molar-refractivity contribution in [3.63, 3.8) is 0 Å². The van der Waals surface area contributed by atoms with Gasteiger partial charge < -0.3 is 15.0 Å². The maximum absolute atomic E-state index is 14.0. The van der Waals surface area contributed by atoms with Gasteiger partial charge in [0.15, 0.2) is 0 Å². The summed E-state index contributed by atoms with van der Waals surface area (Å²) in [6.07, 6.45) is 1.49. The van der Waals surface area contributed by atoms with Crippen molar-refractivity contribution in [2.45, 2.75) is 30.3 Å². The van der Waals surface area contributed by atoms with Crippen molar-refractivity contribution in [3.05, 3.63) is 59.9 Å². The number of rotatable bonds is 10. The average Bonchev–Trinajstić information content (AvgIpc) is 3.24. The van der Waals surface area contributed by atoms with Crippen LogP contribution in [-0.4, -0.2) is 87.4 Å². The van der Waals surface area contributed by atoms with E-state index in [4.69, 9.17) is 4.74 Å². The summed E-state index contributed by atoms with van der Waals surface area (Å²) in [7, 11) is -1.78. The number of hydrogen-bond acceptors (Lipinski definition) is 6. The van der Waals surface area contributed by atoms with Crippen molar-refractivity contribution in [2.24, 2.45) is 0 Å². The zero-order chi connectivity index (χ0) is 24.8. The third-order valence-corrected chi connectivity index (χ3v) is 8.36. The first-order chi connectivity index (χ1) is 16.8. The molecule has 4 rings (SSSR count). The molecule has 190 valence electrons. The molecule has 0 aliphatic carbocycles. The van der Waals surface area contributed by atoms with Crippen LogP contribution in [0, 0.1) is 5.82 Å². The molecule has 2 aromatic carbocycles. The van der Waals surface area contributed by atoms with Gasteiger partial charge in [0.05, 0.1) is 0 Å². The molecule has 0 bridgehead atoms. The van der Waals surface area contributed by atoms with Gasteiger partial charge in [-0.3, -0.25) is 9.69 Å². The maximum atomic E-state index is 14.0. The molecule has 2 aliphatic heterocycles. The Morgan fingerprint density at radius 3 is 2.60 bits per heavy atom. The summed E-state index contributed by atoms with van der Waals surface area (Å²) in [6.45, 7) is 4.53. The van der Waals surface area contributed by atoms with Crippen LogP contribution in [0.15, 0.2) is 53.4 Å². The number of carbonyl (C=O) groups excluding carboxylic acids is 1. The number of sulfonamides is 1. The number of halogens is 1. The second-order valence-electron chi connectivity index (χ2n) is 9.17. The van der Waals surface area contributed by atoms with Crippen LogP contribution in [0.3, 0.4) is 0 Å². The SMILES string of the molecule is CN(Cc1cccc(OCCN2CCN(S(=O)(=O)c3ccccc3F)CC2)c1)C[C@H]1CCC(=O)N1. The van der Waals surface area contributed by atoms with E-state index in [1.807, 2.05) is 25.2 Å². The van der Waals surface area contributed by atoms with Crippen LogP contribution in [0.4, 0.5) is 4.39 Å². The summed E-state index contributed by atoms with van der Waals surface area (Å²) >= 11 is 0. The predicted molar refractivity (Wildman–Crippen MR) is 131 cm³/mol. The molecule has 8 nitrogen and oxygen atoms in total. The van der Waals surface area contributed by atoms with Crippen molar-refractivity contribution in [1.29, 1.82) is 0 Å². The zero-order valence-electron chi connectivity index (χ0n) is 20.0. The highest BCUT2D eigenvalue weighted by atomic mass is 32.2. The molecule has 2 saturated heterocycles. The number of ether oxygens (including phenoxy) is 1. The molecule has 10 heteroatoms. The Morgan fingerprint density at radius 2 is 1.89 bits per heavy atom. The third kappa shape index (κ3) is 6.78. The van der Waals surface area contributed by atoms with Gasteiger partial charge in [0.25, 0.3) is 0 Å². The summed E-state index contributed by atoms with van der Waals surface area (Å²) < 4.78 is 46.8. The molecule has 2 heterocycles. The molecule has 0 radical (unpaired) electrons. The lowest BCUT2D eigenvalue weighted by molar-refractivity contribution is -0.119. The van der Waals surface area contributed by atoms with Crippen molar-refractivity contribution in [3.8, 4) is 5.75 Å². The highest BCUT2D eigenvalue weighted by molar-refractivity contribution is 7.89. The summed E-state index contributed by atoms with van der Waals surface area (Å²) in [5.74, 6) is 0.208. The minimum atomic E-state index is -3.83. The van der Waals surface area contributed by atoms with Crippen LogP contribution < -0.4 is 10.1 Å². The Bertz CT molecular complexity index is 1120. The minimum Gasteiger partial charge on any atom is -0.492 e. The number of amides is 1. The van der Waals surface area contributed by atoms with Crippen LogP contribution in [0.2, 0.25) is 0 Å². The van der Waals surface area contributed by atoms with E-state index in [0.717, 1.165) is 30.8 Å². The molecule has 1 atom stereocenters. The number of piperazine rings is 1. The summed E-state index contributed by atoms with van der Waals surface area (Å²) in [4.78, 5) is 15.5. The molecule has 35 heavy (non-hydrogen) atoms. The molecule has 2 aromatic rings. The first-order valence-corrected chi connectivity index (χ1v) is 13.4. The lowest BCUT2D eigenvalue weighted by atomic mass is 10.1. The second kappa shape index (κ2) is 11.5.